The quantitative estimate of drug-likeness (QED) is 0.898. The Labute approximate surface area is 118 Å². The largest absolute Gasteiger partial charge is 0.376 e. The molecular formula is C16H17N3O. The van der Waals surface area contributed by atoms with Crippen LogP contribution in [0.15, 0.2) is 36.5 Å². The second kappa shape index (κ2) is 4.96. The molecule has 1 heterocycles. The molecule has 0 radical (unpaired) electrons. The first-order valence-corrected chi connectivity index (χ1v) is 6.76. The van der Waals surface area contributed by atoms with E-state index in [0.717, 1.165) is 29.8 Å². The first-order chi connectivity index (χ1) is 9.66. The Kier molecular flexibility index (Phi) is 3.14. The van der Waals surface area contributed by atoms with Crippen molar-refractivity contribution in [2.75, 3.05) is 5.32 Å². The Morgan fingerprint density at radius 3 is 3.00 bits per heavy atom. The normalized spacial score (nSPS) is 16.8. The molecule has 0 spiro atoms. The number of nitrogens with one attached hydrogen (secondary N) is 1. The monoisotopic (exact) mass is 267 g/mol. The summed E-state index contributed by atoms with van der Waals surface area (Å²) in [5.74, 6) is -0.393. The van der Waals surface area contributed by atoms with E-state index in [1.165, 1.54) is 5.56 Å². The molecule has 0 saturated carbocycles. The Morgan fingerprint density at radius 1 is 1.35 bits per heavy atom. The molecule has 1 amide bonds. The van der Waals surface area contributed by atoms with Crippen molar-refractivity contribution in [3.05, 3.63) is 58.9 Å². The van der Waals surface area contributed by atoms with Gasteiger partial charge in [-0.3, -0.25) is 9.78 Å². The number of aryl methyl sites for hydroxylation is 1. The van der Waals surface area contributed by atoms with Crippen LogP contribution in [0.25, 0.3) is 0 Å². The molecule has 0 bridgehead atoms. The molecule has 20 heavy (non-hydrogen) atoms. The number of nitrogens with zero attached hydrogens (tertiary/aromatic N) is 1. The van der Waals surface area contributed by atoms with E-state index in [4.69, 9.17) is 5.73 Å². The lowest BCUT2D eigenvalue weighted by molar-refractivity contribution is 0.1000. The van der Waals surface area contributed by atoms with Crippen LogP contribution in [0.3, 0.4) is 0 Å². The van der Waals surface area contributed by atoms with E-state index < -0.39 is 5.91 Å². The molecule has 1 aliphatic rings. The van der Waals surface area contributed by atoms with Crippen LogP contribution in [0.1, 0.15) is 39.6 Å². The van der Waals surface area contributed by atoms with E-state index in [9.17, 15) is 4.79 Å². The Bertz CT molecular complexity index is 667. The fraction of sp³-hybridized carbons (Fsp3) is 0.250. The molecule has 3 N–H and O–H groups in total. The van der Waals surface area contributed by atoms with Crippen molar-refractivity contribution in [2.24, 2.45) is 5.73 Å². The average molecular weight is 267 g/mol. The lowest BCUT2D eigenvalue weighted by atomic mass is 10.1. The zero-order valence-electron chi connectivity index (χ0n) is 11.4. The molecule has 0 aliphatic heterocycles. The molecule has 1 unspecified atom stereocenters. The molecule has 2 aromatic rings. The van der Waals surface area contributed by atoms with Gasteiger partial charge >= 0.3 is 0 Å². The molecule has 1 aromatic carbocycles. The van der Waals surface area contributed by atoms with Crippen molar-refractivity contribution in [1.29, 1.82) is 0 Å². The van der Waals surface area contributed by atoms with E-state index >= 15 is 0 Å². The SMILES string of the molecule is Cc1c(NC2CCc3cccnc32)cccc1C(N)=O. The maximum absolute atomic E-state index is 11.4. The Balaban J connectivity index is 1.90. The van der Waals surface area contributed by atoms with Gasteiger partial charge in [-0.2, -0.15) is 0 Å². The molecule has 4 heteroatoms. The first kappa shape index (κ1) is 12.7. The van der Waals surface area contributed by atoms with Crippen molar-refractivity contribution < 1.29 is 4.79 Å². The number of pyridine rings is 1. The van der Waals surface area contributed by atoms with Crippen molar-refractivity contribution in [2.45, 2.75) is 25.8 Å². The number of carbonyl (C=O) groups is 1. The third-order valence-electron chi connectivity index (χ3n) is 3.89. The Morgan fingerprint density at radius 2 is 2.20 bits per heavy atom. The van der Waals surface area contributed by atoms with Crippen LogP contribution in [0.4, 0.5) is 5.69 Å². The summed E-state index contributed by atoms with van der Waals surface area (Å²) in [7, 11) is 0. The van der Waals surface area contributed by atoms with Gasteiger partial charge in [-0.1, -0.05) is 12.1 Å². The summed E-state index contributed by atoms with van der Waals surface area (Å²) >= 11 is 0. The average Bonchev–Trinajstić information content (AvgIpc) is 2.84. The highest BCUT2D eigenvalue weighted by Gasteiger charge is 2.24. The number of hydrogen-bond acceptors (Lipinski definition) is 3. The third kappa shape index (κ3) is 2.13. The minimum Gasteiger partial charge on any atom is -0.376 e. The van der Waals surface area contributed by atoms with E-state index in [2.05, 4.69) is 16.4 Å². The summed E-state index contributed by atoms with van der Waals surface area (Å²) in [5, 5.41) is 3.49. The first-order valence-electron chi connectivity index (χ1n) is 6.76. The van der Waals surface area contributed by atoms with Gasteiger partial charge in [-0.05, 0) is 49.1 Å². The van der Waals surface area contributed by atoms with Gasteiger partial charge in [-0.15, -0.1) is 0 Å². The summed E-state index contributed by atoms with van der Waals surface area (Å²) in [4.78, 5) is 15.9. The number of carbonyl (C=O) groups excluding carboxylic acids is 1. The van der Waals surface area contributed by atoms with Crippen molar-refractivity contribution in [3.8, 4) is 0 Å². The van der Waals surface area contributed by atoms with Crippen LogP contribution < -0.4 is 11.1 Å². The number of primary amides is 1. The molecule has 1 aliphatic carbocycles. The number of anilines is 1. The number of nitrogens with two attached hydrogens (primary N) is 1. The van der Waals surface area contributed by atoms with E-state index in [0.29, 0.717) is 5.56 Å². The van der Waals surface area contributed by atoms with E-state index in [1.54, 1.807) is 6.07 Å². The number of rotatable bonds is 3. The van der Waals surface area contributed by atoms with Crippen LogP contribution in [0.2, 0.25) is 0 Å². The highest BCUT2D eigenvalue weighted by Crippen LogP contribution is 2.33. The molecule has 0 fully saturated rings. The molecule has 0 saturated heterocycles. The molecule has 1 aromatic heterocycles. The molecule has 4 nitrogen and oxygen atoms in total. The van der Waals surface area contributed by atoms with Gasteiger partial charge in [-0.25, -0.2) is 0 Å². The molecular weight excluding hydrogens is 250 g/mol. The number of fused-ring (bicyclic) bond motifs is 1. The van der Waals surface area contributed by atoms with Crippen molar-refractivity contribution >= 4 is 11.6 Å². The van der Waals surface area contributed by atoms with Gasteiger partial charge in [0.1, 0.15) is 0 Å². The topological polar surface area (TPSA) is 68.0 Å². The summed E-state index contributed by atoms with van der Waals surface area (Å²) in [5.41, 5.74) is 10.2. The van der Waals surface area contributed by atoms with E-state index in [-0.39, 0.29) is 6.04 Å². The van der Waals surface area contributed by atoms with Crippen LogP contribution >= 0.6 is 0 Å². The Hall–Kier alpha value is -2.36. The number of hydrogen-bond donors (Lipinski definition) is 2. The predicted octanol–water partition coefficient (Wildman–Crippen LogP) is 2.59. The van der Waals surface area contributed by atoms with E-state index in [1.807, 2.05) is 31.3 Å². The van der Waals surface area contributed by atoms with Crippen molar-refractivity contribution in [3.63, 3.8) is 0 Å². The summed E-state index contributed by atoms with van der Waals surface area (Å²) in [6.07, 6.45) is 3.88. The van der Waals surface area contributed by atoms with Gasteiger partial charge in [0.2, 0.25) is 5.91 Å². The highest BCUT2D eigenvalue weighted by molar-refractivity contribution is 5.95. The third-order valence-corrected chi connectivity index (χ3v) is 3.89. The van der Waals surface area contributed by atoms with Gasteiger partial charge in [0.25, 0.3) is 0 Å². The zero-order chi connectivity index (χ0) is 14.1. The number of benzene rings is 1. The van der Waals surface area contributed by atoms with Crippen LogP contribution in [-0.4, -0.2) is 10.9 Å². The van der Waals surface area contributed by atoms with Crippen LogP contribution in [-0.2, 0) is 6.42 Å². The minimum atomic E-state index is -0.393. The maximum Gasteiger partial charge on any atom is 0.249 e. The lowest BCUT2D eigenvalue weighted by Crippen LogP contribution is -2.15. The lowest BCUT2D eigenvalue weighted by Gasteiger charge is -2.17. The summed E-state index contributed by atoms with van der Waals surface area (Å²) < 4.78 is 0. The van der Waals surface area contributed by atoms with Crippen LogP contribution in [0, 0.1) is 6.92 Å². The maximum atomic E-state index is 11.4. The zero-order valence-corrected chi connectivity index (χ0v) is 11.4. The number of aromatic nitrogens is 1. The van der Waals surface area contributed by atoms with Gasteiger partial charge in [0.05, 0.1) is 11.7 Å². The fourth-order valence-corrected chi connectivity index (χ4v) is 2.80. The number of amides is 1. The molecule has 102 valence electrons. The molecule has 1 atom stereocenters. The van der Waals surface area contributed by atoms with Crippen LogP contribution in [0.5, 0.6) is 0 Å². The smallest absolute Gasteiger partial charge is 0.249 e. The van der Waals surface area contributed by atoms with Crippen molar-refractivity contribution in [1.82, 2.24) is 4.98 Å². The summed E-state index contributed by atoms with van der Waals surface area (Å²) in [6.45, 7) is 1.91. The molecule has 3 rings (SSSR count). The standard InChI is InChI=1S/C16H17N3O/c1-10-12(16(17)20)5-2-6-13(10)19-14-8-7-11-4-3-9-18-15(11)14/h2-6,9,14,19H,7-8H2,1H3,(H2,17,20). The second-order valence-electron chi connectivity index (χ2n) is 5.13. The highest BCUT2D eigenvalue weighted by atomic mass is 16.1. The summed E-state index contributed by atoms with van der Waals surface area (Å²) in [6, 6.07) is 9.88. The minimum absolute atomic E-state index is 0.202. The fourth-order valence-electron chi connectivity index (χ4n) is 2.80. The second-order valence-corrected chi connectivity index (χ2v) is 5.13. The predicted molar refractivity (Wildman–Crippen MR) is 78.6 cm³/mol. The van der Waals surface area contributed by atoms with Gasteiger partial charge in [0.15, 0.2) is 0 Å². The van der Waals surface area contributed by atoms with Gasteiger partial charge < -0.3 is 11.1 Å². The van der Waals surface area contributed by atoms with Gasteiger partial charge in [0, 0.05) is 17.4 Å².